The number of carbonyl (C=O) groups is 2. The zero-order valence-electron chi connectivity index (χ0n) is 10.6. The predicted octanol–water partition coefficient (Wildman–Crippen LogP) is 1.36. The molecule has 0 aliphatic carbocycles. The Morgan fingerprint density at radius 1 is 1.41 bits per heavy atom. The average Bonchev–Trinajstić information content (AvgIpc) is 2.13. The fourth-order valence-electron chi connectivity index (χ4n) is 2.10. The van der Waals surface area contributed by atoms with Crippen LogP contribution in [0.15, 0.2) is 0 Å². The van der Waals surface area contributed by atoms with Crippen molar-refractivity contribution in [3.05, 3.63) is 0 Å². The van der Waals surface area contributed by atoms with Gasteiger partial charge in [0.1, 0.15) is 17.8 Å². The summed E-state index contributed by atoms with van der Waals surface area (Å²) in [6.45, 7) is 6.79. The van der Waals surface area contributed by atoms with E-state index < -0.39 is 5.60 Å². The molecular weight excluding hydrogens is 222 g/mol. The van der Waals surface area contributed by atoms with Crippen molar-refractivity contribution < 1.29 is 19.1 Å². The van der Waals surface area contributed by atoms with Crippen molar-refractivity contribution in [2.75, 3.05) is 19.7 Å². The lowest BCUT2D eigenvalue weighted by Gasteiger charge is -2.50. The first-order valence-corrected chi connectivity index (χ1v) is 5.93. The summed E-state index contributed by atoms with van der Waals surface area (Å²) in [4.78, 5) is 24.4. The maximum absolute atomic E-state index is 11.7. The minimum absolute atomic E-state index is 0.145. The van der Waals surface area contributed by atoms with Gasteiger partial charge in [0.2, 0.25) is 0 Å². The minimum Gasteiger partial charge on any atom is -0.444 e. The van der Waals surface area contributed by atoms with Crippen LogP contribution >= 0.6 is 0 Å². The Balaban J connectivity index is 1.82. The number of ether oxygens (including phenoxy) is 2. The summed E-state index contributed by atoms with van der Waals surface area (Å²) in [6, 6.07) is 0. The van der Waals surface area contributed by atoms with Crippen LogP contribution in [0.4, 0.5) is 4.79 Å². The van der Waals surface area contributed by atoms with Gasteiger partial charge >= 0.3 is 6.09 Å². The first-order valence-electron chi connectivity index (χ1n) is 5.93. The Labute approximate surface area is 101 Å². The van der Waals surface area contributed by atoms with E-state index in [1.54, 1.807) is 4.90 Å². The molecule has 0 aromatic carbocycles. The van der Waals surface area contributed by atoms with E-state index in [2.05, 4.69) is 0 Å². The number of nitrogens with zero attached hydrogens (tertiary/aromatic N) is 1. The molecule has 96 valence electrons. The topological polar surface area (TPSA) is 55.8 Å². The van der Waals surface area contributed by atoms with E-state index in [0.717, 1.165) is 0 Å². The average molecular weight is 241 g/mol. The molecule has 0 saturated carbocycles. The summed E-state index contributed by atoms with van der Waals surface area (Å²) < 4.78 is 10.8. The molecule has 5 heteroatoms. The molecule has 2 saturated heterocycles. The van der Waals surface area contributed by atoms with Gasteiger partial charge in [-0.2, -0.15) is 0 Å². The number of amides is 1. The van der Waals surface area contributed by atoms with Crippen molar-refractivity contribution in [3.8, 4) is 0 Å². The SMILES string of the molecule is CC(C)(C)OC(=O)N1CC2(CCC(=O)CO2)C1. The van der Waals surface area contributed by atoms with Gasteiger partial charge in [0.05, 0.1) is 13.1 Å². The lowest BCUT2D eigenvalue weighted by molar-refractivity contribution is -0.171. The van der Waals surface area contributed by atoms with Gasteiger partial charge in [0.25, 0.3) is 0 Å². The highest BCUT2D eigenvalue weighted by atomic mass is 16.6. The van der Waals surface area contributed by atoms with Crippen molar-refractivity contribution in [2.45, 2.75) is 44.8 Å². The molecule has 0 aromatic heterocycles. The molecular formula is C12H19NO4. The van der Waals surface area contributed by atoms with Crippen molar-refractivity contribution in [2.24, 2.45) is 0 Å². The summed E-state index contributed by atoms with van der Waals surface area (Å²) >= 11 is 0. The summed E-state index contributed by atoms with van der Waals surface area (Å²) in [5.74, 6) is 0.145. The van der Waals surface area contributed by atoms with Gasteiger partial charge in [-0.05, 0) is 27.2 Å². The minimum atomic E-state index is -0.469. The maximum atomic E-state index is 11.7. The van der Waals surface area contributed by atoms with E-state index >= 15 is 0 Å². The molecule has 0 aromatic rings. The van der Waals surface area contributed by atoms with Gasteiger partial charge in [-0.25, -0.2) is 4.79 Å². The third-order valence-electron chi connectivity index (χ3n) is 3.01. The van der Waals surface area contributed by atoms with Gasteiger partial charge in [0.15, 0.2) is 5.78 Å². The zero-order valence-corrected chi connectivity index (χ0v) is 10.6. The number of rotatable bonds is 0. The highest BCUT2D eigenvalue weighted by Gasteiger charge is 2.49. The summed E-state index contributed by atoms with van der Waals surface area (Å²) in [5.41, 5.74) is -0.756. The van der Waals surface area contributed by atoms with Gasteiger partial charge in [-0.15, -0.1) is 0 Å². The Morgan fingerprint density at radius 3 is 2.53 bits per heavy atom. The molecule has 2 aliphatic rings. The van der Waals surface area contributed by atoms with Crippen molar-refractivity contribution >= 4 is 11.9 Å². The highest BCUT2D eigenvalue weighted by Crippen LogP contribution is 2.33. The standard InChI is InChI=1S/C12H19NO4/c1-11(2,3)17-10(15)13-7-12(8-13)5-4-9(14)6-16-12/h4-8H2,1-3H3. The quantitative estimate of drug-likeness (QED) is 0.642. The molecule has 0 bridgehead atoms. The molecule has 0 atom stereocenters. The fourth-order valence-corrected chi connectivity index (χ4v) is 2.10. The molecule has 2 fully saturated rings. The van der Waals surface area contributed by atoms with Crippen molar-refractivity contribution in [1.29, 1.82) is 0 Å². The third-order valence-corrected chi connectivity index (χ3v) is 3.01. The largest absolute Gasteiger partial charge is 0.444 e. The fraction of sp³-hybridized carbons (Fsp3) is 0.833. The van der Waals surface area contributed by atoms with Gasteiger partial charge in [-0.1, -0.05) is 0 Å². The van der Waals surface area contributed by atoms with Crippen LogP contribution in [0.1, 0.15) is 33.6 Å². The van der Waals surface area contributed by atoms with E-state index in [0.29, 0.717) is 25.9 Å². The van der Waals surface area contributed by atoms with E-state index in [-0.39, 0.29) is 24.1 Å². The van der Waals surface area contributed by atoms with Crippen LogP contribution in [-0.4, -0.2) is 47.7 Å². The lowest BCUT2D eigenvalue weighted by Crippen LogP contribution is -2.66. The van der Waals surface area contributed by atoms with E-state index in [1.807, 2.05) is 20.8 Å². The number of carbonyl (C=O) groups excluding carboxylic acids is 2. The number of Topliss-reactive ketones (excluding diaryl/α,β-unsaturated/α-hetero) is 1. The number of hydrogen-bond donors (Lipinski definition) is 0. The predicted molar refractivity (Wildman–Crippen MR) is 60.7 cm³/mol. The number of likely N-dealkylation sites (tertiary alicyclic amines) is 1. The molecule has 0 unspecified atom stereocenters. The molecule has 2 heterocycles. The Kier molecular flexibility index (Phi) is 2.89. The molecule has 0 N–H and O–H groups in total. The second-order valence-electron chi connectivity index (χ2n) is 5.85. The molecule has 17 heavy (non-hydrogen) atoms. The molecule has 1 amide bonds. The van der Waals surface area contributed by atoms with Gasteiger partial charge in [0, 0.05) is 6.42 Å². The van der Waals surface area contributed by atoms with Crippen molar-refractivity contribution in [3.63, 3.8) is 0 Å². The second kappa shape index (κ2) is 3.98. The molecule has 5 nitrogen and oxygen atoms in total. The highest BCUT2D eigenvalue weighted by molar-refractivity contribution is 5.80. The Bertz CT molecular complexity index is 327. The first kappa shape index (κ1) is 12.4. The van der Waals surface area contributed by atoms with Crippen LogP contribution in [0.5, 0.6) is 0 Å². The molecule has 0 radical (unpaired) electrons. The summed E-state index contributed by atoms with van der Waals surface area (Å²) in [5, 5.41) is 0. The summed E-state index contributed by atoms with van der Waals surface area (Å²) in [7, 11) is 0. The molecule has 2 aliphatic heterocycles. The second-order valence-corrected chi connectivity index (χ2v) is 5.85. The van der Waals surface area contributed by atoms with Gasteiger partial charge in [-0.3, -0.25) is 4.79 Å². The van der Waals surface area contributed by atoms with E-state index in [1.165, 1.54) is 0 Å². The monoisotopic (exact) mass is 241 g/mol. The summed E-state index contributed by atoms with van der Waals surface area (Å²) in [6.07, 6.45) is 0.969. The maximum Gasteiger partial charge on any atom is 0.410 e. The van der Waals surface area contributed by atoms with Gasteiger partial charge < -0.3 is 14.4 Å². The van der Waals surface area contributed by atoms with Crippen LogP contribution in [0.2, 0.25) is 0 Å². The zero-order chi connectivity index (χ0) is 12.7. The number of ketones is 1. The van der Waals surface area contributed by atoms with Crippen molar-refractivity contribution in [1.82, 2.24) is 4.90 Å². The third kappa shape index (κ3) is 2.77. The Hall–Kier alpha value is -1.10. The van der Waals surface area contributed by atoms with Crippen LogP contribution in [0.25, 0.3) is 0 Å². The normalized spacial score (nSPS) is 23.5. The van der Waals surface area contributed by atoms with Crippen LogP contribution in [0, 0.1) is 0 Å². The number of hydrogen-bond acceptors (Lipinski definition) is 4. The lowest BCUT2D eigenvalue weighted by atomic mass is 9.86. The van der Waals surface area contributed by atoms with Crippen LogP contribution in [-0.2, 0) is 14.3 Å². The smallest absolute Gasteiger partial charge is 0.410 e. The van der Waals surface area contributed by atoms with Crippen LogP contribution < -0.4 is 0 Å². The van der Waals surface area contributed by atoms with Crippen LogP contribution in [0.3, 0.4) is 0 Å². The Morgan fingerprint density at radius 2 is 2.06 bits per heavy atom. The molecule has 2 rings (SSSR count). The molecule has 1 spiro atoms. The van der Waals surface area contributed by atoms with E-state index in [4.69, 9.17) is 9.47 Å². The first-order chi connectivity index (χ1) is 7.80. The van der Waals surface area contributed by atoms with E-state index in [9.17, 15) is 9.59 Å².